The summed E-state index contributed by atoms with van der Waals surface area (Å²) >= 11 is 0. The van der Waals surface area contributed by atoms with Crippen molar-refractivity contribution in [3.8, 4) is 0 Å². The van der Waals surface area contributed by atoms with Gasteiger partial charge in [0, 0.05) is 6.92 Å². The van der Waals surface area contributed by atoms with Gasteiger partial charge in [0.15, 0.2) is 5.96 Å². The number of guanidine groups is 1. The first kappa shape index (κ1) is 18.7. The predicted molar refractivity (Wildman–Crippen MR) is 76.9 cm³/mol. The van der Waals surface area contributed by atoms with Crippen LogP contribution in [0.4, 0.5) is 0 Å². The number of ether oxygens (including phenoxy) is 1. The minimum atomic E-state index is -1.70. The second-order valence-corrected chi connectivity index (χ2v) is 4.93. The number of aliphatic hydroxyl groups excluding tert-OH is 3. The molecule has 0 radical (unpaired) electrons. The Kier molecular flexibility index (Phi) is 6.30. The van der Waals surface area contributed by atoms with E-state index < -0.39 is 54.6 Å². The fourth-order valence-electron chi connectivity index (χ4n) is 2.14. The van der Waals surface area contributed by atoms with Crippen LogP contribution < -0.4 is 16.8 Å². The largest absolute Gasteiger partial charge is 0.478 e. The first-order chi connectivity index (χ1) is 10.7. The number of nitrogens with zero attached hydrogens (tertiary/aromatic N) is 1. The highest BCUT2D eigenvalue weighted by Crippen LogP contribution is 2.24. The van der Waals surface area contributed by atoms with Crippen LogP contribution in [-0.4, -0.2) is 75.3 Å². The Morgan fingerprint density at radius 1 is 1.43 bits per heavy atom. The zero-order chi connectivity index (χ0) is 17.7. The molecule has 1 unspecified atom stereocenters. The monoisotopic (exact) mass is 332 g/mol. The normalized spacial score (nSPS) is 26.3. The number of carbonyl (C=O) groups excluding carboxylic acids is 1. The number of carboxylic acids is 1. The third-order valence-corrected chi connectivity index (χ3v) is 3.10. The molecule has 0 aromatic rings. The van der Waals surface area contributed by atoms with Crippen LogP contribution in [0, 0.1) is 0 Å². The molecule has 1 amide bonds. The van der Waals surface area contributed by atoms with E-state index in [1.165, 1.54) is 6.92 Å². The number of nitrogens with two attached hydrogens (primary N) is 2. The molecule has 1 rings (SSSR count). The summed E-state index contributed by atoms with van der Waals surface area (Å²) in [5.74, 6) is -2.89. The summed E-state index contributed by atoms with van der Waals surface area (Å²) in [6.07, 6.45) is -3.65. The third kappa shape index (κ3) is 4.81. The van der Waals surface area contributed by atoms with Gasteiger partial charge in [-0.15, -0.1) is 0 Å². The lowest BCUT2D eigenvalue weighted by atomic mass is 9.92. The Bertz CT molecular complexity index is 518. The zero-order valence-corrected chi connectivity index (χ0v) is 12.3. The number of aliphatic carboxylic acids is 1. The van der Waals surface area contributed by atoms with Gasteiger partial charge in [0.25, 0.3) is 0 Å². The predicted octanol–water partition coefficient (Wildman–Crippen LogP) is -3.79. The van der Waals surface area contributed by atoms with E-state index in [1.807, 2.05) is 0 Å². The standard InChI is InChI=1S/C12H20N4O7/c1-4(18)15-8-5(16-12(13)14)2-7(11(21)22)23-10(8)9(20)6(19)3-17/h2,5-6,8-10,17,19-20H,3H2,1H3,(H,15,18)(H,21,22)(H4,13,14,16)/t5-,6-,8?,9-,10-/m1/s1. The number of carbonyl (C=O) groups is 2. The number of carboxylic acid groups (broad SMARTS) is 1. The van der Waals surface area contributed by atoms with Crippen molar-refractivity contribution in [3.63, 3.8) is 0 Å². The molecule has 23 heavy (non-hydrogen) atoms. The number of nitrogens with one attached hydrogen (secondary N) is 1. The Morgan fingerprint density at radius 3 is 2.48 bits per heavy atom. The summed E-state index contributed by atoms with van der Waals surface area (Å²) in [5.41, 5.74) is 10.6. The second-order valence-electron chi connectivity index (χ2n) is 4.93. The van der Waals surface area contributed by atoms with E-state index in [-0.39, 0.29) is 5.96 Å². The SMILES string of the molecule is CC(=O)NC1[C@H]([C@H](O)[C@H](O)CO)OC(C(=O)O)=C[C@H]1N=C(N)N. The molecule has 9 N–H and O–H groups in total. The van der Waals surface area contributed by atoms with Crippen molar-refractivity contribution in [1.29, 1.82) is 0 Å². The third-order valence-electron chi connectivity index (χ3n) is 3.10. The summed E-state index contributed by atoms with van der Waals surface area (Å²) in [6.45, 7) is 0.391. The molecule has 0 aromatic carbocycles. The van der Waals surface area contributed by atoms with Crippen LogP contribution in [0.5, 0.6) is 0 Å². The van der Waals surface area contributed by atoms with E-state index in [0.29, 0.717) is 0 Å². The smallest absolute Gasteiger partial charge is 0.370 e. The Morgan fingerprint density at radius 2 is 2.04 bits per heavy atom. The number of hydrogen-bond donors (Lipinski definition) is 7. The highest BCUT2D eigenvalue weighted by Gasteiger charge is 2.43. The van der Waals surface area contributed by atoms with Crippen LogP contribution in [0.15, 0.2) is 16.8 Å². The molecule has 1 heterocycles. The van der Waals surface area contributed by atoms with Crippen LogP contribution in [0.1, 0.15) is 6.92 Å². The summed E-state index contributed by atoms with van der Waals surface area (Å²) in [6, 6.07) is -2.11. The van der Waals surface area contributed by atoms with E-state index in [0.717, 1.165) is 6.08 Å². The van der Waals surface area contributed by atoms with Crippen molar-refractivity contribution >= 4 is 17.8 Å². The topological polar surface area (TPSA) is 201 Å². The number of amides is 1. The van der Waals surface area contributed by atoms with Gasteiger partial charge in [0.1, 0.15) is 18.3 Å². The molecule has 0 spiro atoms. The lowest BCUT2D eigenvalue weighted by Gasteiger charge is -2.38. The van der Waals surface area contributed by atoms with Gasteiger partial charge >= 0.3 is 5.97 Å². The van der Waals surface area contributed by atoms with Crippen LogP contribution in [0.25, 0.3) is 0 Å². The number of aliphatic hydroxyl groups is 3. The molecule has 11 nitrogen and oxygen atoms in total. The molecule has 0 aliphatic carbocycles. The van der Waals surface area contributed by atoms with Crippen LogP contribution >= 0.6 is 0 Å². The molecule has 5 atom stereocenters. The van der Waals surface area contributed by atoms with Gasteiger partial charge in [-0.1, -0.05) is 0 Å². The molecule has 0 bridgehead atoms. The minimum Gasteiger partial charge on any atom is -0.478 e. The summed E-state index contributed by atoms with van der Waals surface area (Å²) in [4.78, 5) is 26.3. The van der Waals surface area contributed by atoms with Crippen molar-refractivity contribution in [2.45, 2.75) is 37.3 Å². The van der Waals surface area contributed by atoms with Crippen molar-refractivity contribution < 1.29 is 34.8 Å². The van der Waals surface area contributed by atoms with Crippen LogP contribution in [0.3, 0.4) is 0 Å². The van der Waals surface area contributed by atoms with Gasteiger partial charge in [-0.25, -0.2) is 9.79 Å². The molecular formula is C12H20N4O7. The Labute approximate surface area is 131 Å². The maximum Gasteiger partial charge on any atom is 0.370 e. The van der Waals surface area contributed by atoms with E-state index in [4.69, 9.17) is 26.4 Å². The van der Waals surface area contributed by atoms with Crippen LogP contribution in [0.2, 0.25) is 0 Å². The average Bonchev–Trinajstić information content (AvgIpc) is 2.45. The molecule has 0 aromatic heterocycles. The molecule has 1 aliphatic heterocycles. The maximum atomic E-state index is 11.4. The summed E-state index contributed by atoms with van der Waals surface area (Å²) < 4.78 is 5.13. The minimum absolute atomic E-state index is 0.371. The summed E-state index contributed by atoms with van der Waals surface area (Å²) in [7, 11) is 0. The maximum absolute atomic E-state index is 11.4. The van der Waals surface area contributed by atoms with Crippen molar-refractivity contribution in [2.24, 2.45) is 16.5 Å². The number of hydrogen-bond acceptors (Lipinski definition) is 7. The fourth-order valence-corrected chi connectivity index (χ4v) is 2.14. The molecule has 11 heteroatoms. The lowest BCUT2D eigenvalue weighted by Crippen LogP contribution is -2.59. The number of aliphatic imine (C=N–C) groups is 1. The Hall–Kier alpha value is -2.37. The highest BCUT2D eigenvalue weighted by atomic mass is 16.5. The lowest BCUT2D eigenvalue weighted by molar-refractivity contribution is -0.145. The van der Waals surface area contributed by atoms with Gasteiger partial charge in [-0.3, -0.25) is 4.79 Å². The molecule has 1 aliphatic rings. The van der Waals surface area contributed by atoms with E-state index in [2.05, 4.69) is 10.3 Å². The van der Waals surface area contributed by atoms with Crippen molar-refractivity contribution in [3.05, 3.63) is 11.8 Å². The first-order valence-electron chi connectivity index (χ1n) is 6.62. The molecular weight excluding hydrogens is 312 g/mol. The molecule has 0 saturated carbocycles. The quantitative estimate of drug-likeness (QED) is 0.188. The van der Waals surface area contributed by atoms with E-state index >= 15 is 0 Å². The van der Waals surface area contributed by atoms with Gasteiger partial charge < -0.3 is 41.9 Å². The van der Waals surface area contributed by atoms with Crippen molar-refractivity contribution in [2.75, 3.05) is 6.61 Å². The van der Waals surface area contributed by atoms with Gasteiger partial charge in [0.05, 0.1) is 18.7 Å². The number of rotatable bonds is 6. The highest BCUT2D eigenvalue weighted by molar-refractivity contribution is 5.85. The Balaban J connectivity index is 3.28. The summed E-state index contributed by atoms with van der Waals surface area (Å²) in [5, 5.41) is 40.1. The van der Waals surface area contributed by atoms with Crippen molar-refractivity contribution in [1.82, 2.24) is 5.32 Å². The van der Waals surface area contributed by atoms with Gasteiger partial charge in [-0.05, 0) is 6.08 Å². The average molecular weight is 332 g/mol. The molecule has 130 valence electrons. The molecule has 0 fully saturated rings. The van der Waals surface area contributed by atoms with Crippen LogP contribution in [-0.2, 0) is 14.3 Å². The van der Waals surface area contributed by atoms with Gasteiger partial charge in [0.2, 0.25) is 11.7 Å². The van der Waals surface area contributed by atoms with Gasteiger partial charge in [-0.2, -0.15) is 0 Å². The fraction of sp³-hybridized carbons (Fsp3) is 0.583. The zero-order valence-electron chi connectivity index (χ0n) is 12.3. The molecule has 0 saturated heterocycles. The first-order valence-corrected chi connectivity index (χ1v) is 6.62. The second kappa shape index (κ2) is 7.76. The van der Waals surface area contributed by atoms with E-state index in [1.54, 1.807) is 0 Å². The van der Waals surface area contributed by atoms with E-state index in [9.17, 15) is 19.8 Å².